The van der Waals surface area contributed by atoms with Gasteiger partial charge in [-0.05, 0) is 18.7 Å². The molecular weight excluding hydrogens is 233 g/mol. The first-order valence-corrected chi connectivity index (χ1v) is 5.05. The second kappa shape index (κ2) is 5.35. The predicted octanol–water partition coefficient (Wildman–Crippen LogP) is 2.55. The molecule has 0 fully saturated rings. The molecule has 0 aliphatic rings. The molecule has 72 valence electrons. The molecule has 0 aliphatic heterocycles. The van der Waals surface area contributed by atoms with Gasteiger partial charge < -0.3 is 5.32 Å². The van der Waals surface area contributed by atoms with Crippen LogP contribution in [0.5, 0.6) is 0 Å². The lowest BCUT2D eigenvalue weighted by molar-refractivity contribution is 0.324. The summed E-state index contributed by atoms with van der Waals surface area (Å²) < 4.78 is 14.2. The van der Waals surface area contributed by atoms with E-state index in [1.807, 2.05) is 24.3 Å². The first kappa shape index (κ1) is 10.7. The lowest BCUT2D eigenvalue weighted by Crippen LogP contribution is -2.21. The number of nitrogens with one attached hydrogen (secondary N) is 1. The number of hydrogen-bond donors (Lipinski definition) is 1. The Labute approximate surface area is 86.5 Å². The van der Waals surface area contributed by atoms with Crippen LogP contribution >= 0.6 is 15.9 Å². The first-order chi connectivity index (χ1) is 6.24. The van der Waals surface area contributed by atoms with Crippen LogP contribution in [0.25, 0.3) is 0 Å². The van der Waals surface area contributed by atoms with E-state index in [1.165, 1.54) is 0 Å². The second-order valence-corrected chi connectivity index (χ2v) is 3.80. The summed E-state index contributed by atoms with van der Waals surface area (Å²) in [6, 6.07) is 7.72. The highest BCUT2D eigenvalue weighted by Crippen LogP contribution is 2.18. The molecule has 1 N–H and O–H groups in total. The molecule has 1 rings (SSSR count). The van der Waals surface area contributed by atoms with E-state index in [0.29, 0.717) is 13.0 Å². The van der Waals surface area contributed by atoms with Gasteiger partial charge in [0, 0.05) is 17.4 Å². The minimum atomic E-state index is -0.816. The van der Waals surface area contributed by atoms with Gasteiger partial charge in [0.1, 0.15) is 6.17 Å². The van der Waals surface area contributed by atoms with Crippen LogP contribution in [-0.2, 0) is 6.42 Å². The summed E-state index contributed by atoms with van der Waals surface area (Å²) in [6.45, 7) is 0.404. The molecule has 1 nitrogen and oxygen atoms in total. The summed E-state index contributed by atoms with van der Waals surface area (Å²) in [6.07, 6.45) is -0.355. The van der Waals surface area contributed by atoms with Gasteiger partial charge in [-0.3, -0.25) is 0 Å². The quantitative estimate of drug-likeness (QED) is 0.860. The van der Waals surface area contributed by atoms with Crippen molar-refractivity contribution in [2.45, 2.75) is 12.6 Å². The first-order valence-electron chi connectivity index (χ1n) is 4.26. The maximum Gasteiger partial charge on any atom is 0.117 e. The highest BCUT2D eigenvalue weighted by molar-refractivity contribution is 9.10. The molecule has 0 heterocycles. The highest BCUT2D eigenvalue weighted by Gasteiger charge is 2.07. The monoisotopic (exact) mass is 245 g/mol. The third kappa shape index (κ3) is 3.44. The topological polar surface area (TPSA) is 12.0 Å². The molecule has 1 aromatic rings. The van der Waals surface area contributed by atoms with Crippen molar-refractivity contribution in [1.82, 2.24) is 5.32 Å². The predicted molar refractivity (Wildman–Crippen MR) is 56.7 cm³/mol. The van der Waals surface area contributed by atoms with Gasteiger partial charge in [-0.1, -0.05) is 34.1 Å². The van der Waals surface area contributed by atoms with Gasteiger partial charge in [0.2, 0.25) is 0 Å². The smallest absolute Gasteiger partial charge is 0.117 e. The molecule has 0 saturated carbocycles. The summed E-state index contributed by atoms with van der Waals surface area (Å²) in [4.78, 5) is 0. The largest absolute Gasteiger partial charge is 0.317 e. The molecule has 0 amide bonds. The Morgan fingerprint density at radius 1 is 1.46 bits per heavy atom. The van der Waals surface area contributed by atoms with Crippen molar-refractivity contribution in [3.63, 3.8) is 0 Å². The fraction of sp³-hybridized carbons (Fsp3) is 0.400. The van der Waals surface area contributed by atoms with E-state index in [-0.39, 0.29) is 0 Å². The summed E-state index contributed by atoms with van der Waals surface area (Å²) in [5.41, 5.74) is 1.02. The Bertz CT molecular complexity index is 265. The van der Waals surface area contributed by atoms with E-state index in [9.17, 15) is 4.39 Å². The van der Waals surface area contributed by atoms with Gasteiger partial charge in [0.15, 0.2) is 0 Å². The minimum Gasteiger partial charge on any atom is -0.317 e. The maximum absolute atomic E-state index is 13.2. The molecule has 13 heavy (non-hydrogen) atoms. The number of rotatable bonds is 4. The van der Waals surface area contributed by atoms with Gasteiger partial charge in [-0.25, -0.2) is 4.39 Å². The fourth-order valence-corrected chi connectivity index (χ4v) is 1.64. The van der Waals surface area contributed by atoms with Crippen molar-refractivity contribution in [3.05, 3.63) is 34.3 Å². The number of halogens is 2. The second-order valence-electron chi connectivity index (χ2n) is 2.95. The third-order valence-electron chi connectivity index (χ3n) is 1.82. The van der Waals surface area contributed by atoms with Crippen LogP contribution in [0.1, 0.15) is 5.56 Å². The van der Waals surface area contributed by atoms with Gasteiger partial charge in [0.05, 0.1) is 0 Å². The van der Waals surface area contributed by atoms with Gasteiger partial charge >= 0.3 is 0 Å². The van der Waals surface area contributed by atoms with E-state index in [0.717, 1.165) is 10.0 Å². The van der Waals surface area contributed by atoms with Crippen LogP contribution in [-0.4, -0.2) is 19.8 Å². The number of alkyl halides is 1. The Morgan fingerprint density at radius 3 is 2.77 bits per heavy atom. The van der Waals surface area contributed by atoms with Crippen LogP contribution < -0.4 is 5.32 Å². The molecule has 0 bridgehead atoms. The van der Waals surface area contributed by atoms with E-state index in [1.54, 1.807) is 7.05 Å². The lowest BCUT2D eigenvalue weighted by atomic mass is 10.1. The lowest BCUT2D eigenvalue weighted by Gasteiger charge is -2.08. The molecule has 0 aromatic heterocycles. The van der Waals surface area contributed by atoms with Crippen molar-refractivity contribution < 1.29 is 4.39 Å². The fourth-order valence-electron chi connectivity index (χ4n) is 1.20. The zero-order chi connectivity index (χ0) is 9.68. The Morgan fingerprint density at radius 2 is 2.15 bits per heavy atom. The van der Waals surface area contributed by atoms with Crippen molar-refractivity contribution in [2.75, 3.05) is 13.6 Å². The van der Waals surface area contributed by atoms with Gasteiger partial charge in [-0.15, -0.1) is 0 Å². The van der Waals surface area contributed by atoms with Crippen molar-refractivity contribution >= 4 is 15.9 Å². The molecule has 1 unspecified atom stereocenters. The standard InChI is InChI=1S/C10H13BrFN/c1-13-7-9(12)6-8-4-2-3-5-10(8)11/h2-5,9,13H,6-7H2,1H3. The third-order valence-corrected chi connectivity index (χ3v) is 2.60. The minimum absolute atomic E-state index is 0.404. The van der Waals surface area contributed by atoms with E-state index >= 15 is 0 Å². The van der Waals surface area contributed by atoms with Crippen molar-refractivity contribution in [1.29, 1.82) is 0 Å². The van der Waals surface area contributed by atoms with Gasteiger partial charge in [-0.2, -0.15) is 0 Å². The average molecular weight is 246 g/mol. The molecule has 0 spiro atoms. The summed E-state index contributed by atoms with van der Waals surface area (Å²) in [5, 5.41) is 2.82. The van der Waals surface area contributed by atoms with Crippen LogP contribution in [0.3, 0.4) is 0 Å². The average Bonchev–Trinajstić information content (AvgIpc) is 2.09. The zero-order valence-corrected chi connectivity index (χ0v) is 9.14. The maximum atomic E-state index is 13.2. The zero-order valence-electron chi connectivity index (χ0n) is 7.56. The normalized spacial score (nSPS) is 12.8. The SMILES string of the molecule is CNCC(F)Cc1ccccc1Br. The molecule has 3 heteroatoms. The van der Waals surface area contributed by atoms with Crippen molar-refractivity contribution in [3.8, 4) is 0 Å². The number of hydrogen-bond acceptors (Lipinski definition) is 1. The molecule has 0 saturated heterocycles. The van der Waals surface area contributed by atoms with E-state index in [4.69, 9.17) is 0 Å². The molecule has 0 aliphatic carbocycles. The van der Waals surface area contributed by atoms with Crippen LogP contribution in [0.4, 0.5) is 4.39 Å². The highest BCUT2D eigenvalue weighted by atomic mass is 79.9. The molecule has 1 atom stereocenters. The van der Waals surface area contributed by atoms with Crippen LogP contribution in [0.15, 0.2) is 28.7 Å². The molecule has 0 radical (unpaired) electrons. The van der Waals surface area contributed by atoms with Gasteiger partial charge in [0.25, 0.3) is 0 Å². The Kier molecular flexibility index (Phi) is 4.39. The Hall–Kier alpha value is -0.410. The van der Waals surface area contributed by atoms with E-state index in [2.05, 4.69) is 21.2 Å². The van der Waals surface area contributed by atoms with Crippen molar-refractivity contribution in [2.24, 2.45) is 0 Å². The summed E-state index contributed by atoms with van der Waals surface area (Å²) >= 11 is 3.39. The van der Waals surface area contributed by atoms with Crippen LogP contribution in [0, 0.1) is 0 Å². The number of benzene rings is 1. The molecular formula is C10H13BrFN. The molecule has 1 aromatic carbocycles. The van der Waals surface area contributed by atoms with E-state index < -0.39 is 6.17 Å². The summed E-state index contributed by atoms with van der Waals surface area (Å²) in [7, 11) is 1.76. The van der Waals surface area contributed by atoms with Crippen LogP contribution in [0.2, 0.25) is 0 Å². The Balaban J connectivity index is 2.58. The summed E-state index contributed by atoms with van der Waals surface area (Å²) in [5.74, 6) is 0.